The molecule has 0 saturated carbocycles. The Balaban J connectivity index is 1.70. The molecular formula is C26H22N2O6S. The van der Waals surface area contributed by atoms with Crippen LogP contribution in [-0.2, 0) is 14.8 Å². The summed E-state index contributed by atoms with van der Waals surface area (Å²) in [5.41, 5.74) is 1.92. The third-order valence-corrected chi connectivity index (χ3v) is 6.53. The number of nitrogens with zero attached hydrogens (tertiary/aromatic N) is 1. The van der Waals surface area contributed by atoms with Crippen molar-refractivity contribution >= 4 is 33.2 Å². The third-order valence-electron chi connectivity index (χ3n) is 5.22. The van der Waals surface area contributed by atoms with Crippen molar-refractivity contribution in [2.45, 2.75) is 11.8 Å². The van der Waals surface area contributed by atoms with Crippen LogP contribution in [0.1, 0.15) is 33.2 Å². The molecular weight excluding hydrogens is 468 g/mol. The second-order valence-corrected chi connectivity index (χ2v) is 9.09. The van der Waals surface area contributed by atoms with E-state index in [0.29, 0.717) is 28.1 Å². The number of benzene rings is 3. The fourth-order valence-electron chi connectivity index (χ4n) is 3.49. The molecule has 3 aromatic rings. The number of hydrogen-bond donors (Lipinski definition) is 1. The molecule has 0 aromatic heterocycles. The first-order valence-corrected chi connectivity index (χ1v) is 12.2. The van der Waals surface area contributed by atoms with E-state index in [1.807, 2.05) is 0 Å². The molecule has 3 aromatic carbocycles. The van der Waals surface area contributed by atoms with Crippen LogP contribution in [0, 0.1) is 0 Å². The van der Waals surface area contributed by atoms with Crippen LogP contribution >= 0.6 is 0 Å². The smallest absolute Gasteiger partial charge is 0.338 e. The molecule has 9 heteroatoms. The second kappa shape index (κ2) is 9.94. The number of nitrogens with one attached hydrogen (secondary N) is 1. The second-order valence-electron chi connectivity index (χ2n) is 7.48. The molecule has 0 bridgehead atoms. The average Bonchev–Trinajstić information content (AvgIpc) is 2.87. The first-order chi connectivity index (χ1) is 16.8. The van der Waals surface area contributed by atoms with Crippen LogP contribution in [0.4, 0.5) is 5.69 Å². The van der Waals surface area contributed by atoms with Gasteiger partial charge in [0.1, 0.15) is 5.75 Å². The van der Waals surface area contributed by atoms with Crippen molar-refractivity contribution in [1.29, 1.82) is 0 Å². The van der Waals surface area contributed by atoms with E-state index in [1.54, 1.807) is 55.5 Å². The van der Waals surface area contributed by atoms with Gasteiger partial charge in [0.2, 0.25) is 5.78 Å². The zero-order valence-electron chi connectivity index (χ0n) is 19.0. The number of methoxy groups -OCH3 is 1. The quantitative estimate of drug-likeness (QED) is 0.493. The van der Waals surface area contributed by atoms with Crippen LogP contribution in [0.25, 0.3) is 0 Å². The Morgan fingerprint density at radius 1 is 0.943 bits per heavy atom. The fourth-order valence-corrected chi connectivity index (χ4v) is 4.48. The van der Waals surface area contributed by atoms with Gasteiger partial charge >= 0.3 is 5.97 Å². The minimum atomic E-state index is -4.06. The average molecular weight is 491 g/mol. The lowest BCUT2D eigenvalue weighted by molar-refractivity contribution is 0.0526. The lowest BCUT2D eigenvalue weighted by atomic mass is 9.92. The maximum Gasteiger partial charge on any atom is 0.338 e. The normalized spacial score (nSPS) is 14.2. The van der Waals surface area contributed by atoms with Crippen LogP contribution in [0.15, 0.2) is 93.9 Å². The highest BCUT2D eigenvalue weighted by Crippen LogP contribution is 2.26. The molecule has 1 aliphatic carbocycles. The molecule has 178 valence electrons. The topological polar surface area (TPSA) is 111 Å². The largest absolute Gasteiger partial charge is 0.497 e. The molecule has 0 heterocycles. The summed E-state index contributed by atoms with van der Waals surface area (Å²) in [6.07, 6.45) is 1.41. The van der Waals surface area contributed by atoms with E-state index in [-0.39, 0.29) is 28.7 Å². The standard InChI is InChI=1S/C26H22N2O6S/c1-3-34-26(30)17-8-10-18(11-9-17)27-24-16-23(21-6-4-5-7-22(21)25(24)29)28-35(31,32)20-14-12-19(33-2)13-15-20/h4-16,27H,3H2,1-2H3/b28-23-. The fraction of sp³-hybridized carbons (Fsp3) is 0.115. The zero-order valence-corrected chi connectivity index (χ0v) is 19.8. The molecule has 0 unspecified atom stereocenters. The number of carbonyl (C=O) groups is 2. The summed E-state index contributed by atoms with van der Waals surface area (Å²) in [5.74, 6) is -0.236. The van der Waals surface area contributed by atoms with Crippen molar-refractivity contribution in [1.82, 2.24) is 0 Å². The monoisotopic (exact) mass is 490 g/mol. The van der Waals surface area contributed by atoms with Crippen LogP contribution in [0.2, 0.25) is 0 Å². The Labute approximate surface area is 203 Å². The van der Waals surface area contributed by atoms with E-state index in [9.17, 15) is 18.0 Å². The Kier molecular flexibility index (Phi) is 6.79. The number of rotatable bonds is 7. The SMILES string of the molecule is CCOC(=O)c1ccc(NC2=C/C(=N/S(=O)(=O)c3ccc(OC)cc3)c3ccccc3C2=O)cc1. The molecule has 4 rings (SSSR count). The molecule has 0 saturated heterocycles. The van der Waals surface area contributed by atoms with Crippen LogP contribution < -0.4 is 10.1 Å². The summed E-state index contributed by atoms with van der Waals surface area (Å²) < 4.78 is 40.1. The molecule has 0 spiro atoms. The van der Waals surface area contributed by atoms with Gasteiger partial charge in [-0.3, -0.25) is 4.79 Å². The minimum Gasteiger partial charge on any atom is -0.497 e. The number of ether oxygens (including phenoxy) is 2. The number of sulfonamides is 1. The maximum absolute atomic E-state index is 13.1. The van der Waals surface area contributed by atoms with Gasteiger partial charge in [-0.2, -0.15) is 12.8 Å². The van der Waals surface area contributed by atoms with Gasteiger partial charge in [0.05, 0.1) is 35.6 Å². The molecule has 0 fully saturated rings. The highest BCUT2D eigenvalue weighted by atomic mass is 32.2. The lowest BCUT2D eigenvalue weighted by Gasteiger charge is -2.19. The van der Waals surface area contributed by atoms with E-state index >= 15 is 0 Å². The van der Waals surface area contributed by atoms with E-state index in [2.05, 4.69) is 9.71 Å². The van der Waals surface area contributed by atoms with Gasteiger partial charge in [-0.05, 0) is 61.5 Å². The van der Waals surface area contributed by atoms with Crippen molar-refractivity contribution in [2.75, 3.05) is 19.0 Å². The van der Waals surface area contributed by atoms with Gasteiger partial charge in [-0.15, -0.1) is 0 Å². The van der Waals surface area contributed by atoms with Crippen molar-refractivity contribution in [3.8, 4) is 5.75 Å². The summed E-state index contributed by atoms with van der Waals surface area (Å²) in [5, 5.41) is 3.01. The number of anilines is 1. The molecule has 1 aliphatic rings. The number of esters is 1. The van der Waals surface area contributed by atoms with Gasteiger partial charge in [-0.1, -0.05) is 24.3 Å². The number of Topliss-reactive ketones (excluding diaryl/α,β-unsaturated/α-hetero) is 1. The summed E-state index contributed by atoms with van der Waals surface area (Å²) in [6, 6.07) is 19.0. The van der Waals surface area contributed by atoms with Crippen LogP contribution in [0.5, 0.6) is 5.75 Å². The first-order valence-electron chi connectivity index (χ1n) is 10.7. The lowest BCUT2D eigenvalue weighted by Crippen LogP contribution is -2.22. The molecule has 0 aliphatic heterocycles. The minimum absolute atomic E-state index is 0.00218. The number of fused-ring (bicyclic) bond motifs is 1. The molecule has 0 atom stereocenters. The van der Waals surface area contributed by atoms with E-state index in [4.69, 9.17) is 9.47 Å². The molecule has 8 nitrogen and oxygen atoms in total. The zero-order chi connectivity index (χ0) is 25.0. The van der Waals surface area contributed by atoms with Gasteiger partial charge in [-0.25, -0.2) is 4.79 Å². The van der Waals surface area contributed by atoms with Crippen molar-refractivity contribution in [3.63, 3.8) is 0 Å². The molecule has 1 N–H and O–H groups in total. The predicted molar refractivity (Wildman–Crippen MR) is 132 cm³/mol. The Morgan fingerprint density at radius 2 is 1.60 bits per heavy atom. The molecule has 35 heavy (non-hydrogen) atoms. The summed E-state index contributed by atoms with van der Waals surface area (Å²) in [4.78, 5) is 25.0. The molecule has 0 radical (unpaired) electrons. The van der Waals surface area contributed by atoms with Crippen molar-refractivity contribution in [2.24, 2.45) is 4.40 Å². The Hall–Kier alpha value is -4.24. The van der Waals surface area contributed by atoms with Crippen LogP contribution in [0.3, 0.4) is 0 Å². The summed E-state index contributed by atoms with van der Waals surface area (Å²) in [7, 11) is -2.58. The summed E-state index contributed by atoms with van der Waals surface area (Å²) >= 11 is 0. The third kappa shape index (κ3) is 5.15. The van der Waals surface area contributed by atoms with E-state index in [1.165, 1.54) is 37.5 Å². The van der Waals surface area contributed by atoms with E-state index in [0.717, 1.165) is 0 Å². The van der Waals surface area contributed by atoms with Gasteiger partial charge in [0.25, 0.3) is 10.0 Å². The van der Waals surface area contributed by atoms with Crippen molar-refractivity contribution in [3.05, 3.63) is 101 Å². The van der Waals surface area contributed by atoms with Gasteiger partial charge in [0.15, 0.2) is 0 Å². The van der Waals surface area contributed by atoms with Crippen LogP contribution in [-0.4, -0.2) is 39.6 Å². The van der Waals surface area contributed by atoms with Gasteiger partial charge in [0, 0.05) is 16.8 Å². The van der Waals surface area contributed by atoms with Crippen molar-refractivity contribution < 1.29 is 27.5 Å². The highest BCUT2D eigenvalue weighted by Gasteiger charge is 2.26. The Bertz CT molecular complexity index is 1440. The highest BCUT2D eigenvalue weighted by molar-refractivity contribution is 7.90. The number of ketones is 1. The van der Waals surface area contributed by atoms with E-state index < -0.39 is 16.0 Å². The predicted octanol–water partition coefficient (Wildman–Crippen LogP) is 4.24. The summed E-state index contributed by atoms with van der Waals surface area (Å²) in [6.45, 7) is 1.99. The number of allylic oxidation sites excluding steroid dienone is 2. The number of hydrogen-bond acceptors (Lipinski definition) is 7. The first kappa shape index (κ1) is 23.9. The Morgan fingerprint density at radius 3 is 2.23 bits per heavy atom. The maximum atomic E-state index is 13.1. The molecule has 0 amide bonds. The number of carbonyl (C=O) groups excluding carboxylic acids is 2. The van der Waals surface area contributed by atoms with Gasteiger partial charge < -0.3 is 14.8 Å².